The number of aromatic amines is 1. The van der Waals surface area contributed by atoms with E-state index in [4.69, 9.17) is 5.73 Å². The molecule has 0 radical (unpaired) electrons. The van der Waals surface area contributed by atoms with E-state index in [1.807, 2.05) is 24.3 Å². The van der Waals surface area contributed by atoms with Crippen LogP contribution in [0.4, 0.5) is 0 Å². The summed E-state index contributed by atoms with van der Waals surface area (Å²) in [6.07, 6.45) is 4.62. The van der Waals surface area contributed by atoms with Crippen LogP contribution in [0.2, 0.25) is 0 Å². The second-order valence-electron chi connectivity index (χ2n) is 6.58. The molecule has 1 saturated carbocycles. The van der Waals surface area contributed by atoms with Crippen molar-refractivity contribution in [3.8, 4) is 0 Å². The summed E-state index contributed by atoms with van der Waals surface area (Å²) in [5.74, 6) is 0.0444. The monoisotopic (exact) mass is 379 g/mol. The zero-order chi connectivity index (χ0) is 17.6. The Bertz CT molecular complexity index is 748. The molecule has 2 aromatic rings. The Morgan fingerprint density at radius 3 is 2.81 bits per heavy atom. The Morgan fingerprint density at radius 1 is 1.23 bits per heavy atom. The highest BCUT2D eigenvalue weighted by molar-refractivity contribution is 6.04. The Balaban J connectivity index is 0.00000243. The molecule has 3 rings (SSSR count). The van der Waals surface area contributed by atoms with E-state index in [0.29, 0.717) is 18.2 Å². The average molecular weight is 380 g/mol. The largest absolute Gasteiger partial charge is 0.353 e. The number of H-pyrrole nitrogens is 1. The van der Waals surface area contributed by atoms with E-state index in [1.54, 1.807) is 0 Å². The number of fused-ring (bicyclic) bond motifs is 1. The van der Waals surface area contributed by atoms with Crippen LogP contribution in [0.1, 0.15) is 42.6 Å². The van der Waals surface area contributed by atoms with Crippen molar-refractivity contribution in [1.82, 2.24) is 20.8 Å². The van der Waals surface area contributed by atoms with Gasteiger partial charge in [-0.3, -0.25) is 14.7 Å². The molecular formula is C18H26ClN5O2. The summed E-state index contributed by atoms with van der Waals surface area (Å²) in [5, 5.41) is 13.5. The summed E-state index contributed by atoms with van der Waals surface area (Å²) < 4.78 is 0. The molecule has 1 aliphatic rings. The molecule has 0 spiro atoms. The molecule has 0 saturated heterocycles. The number of amides is 2. The lowest BCUT2D eigenvalue weighted by atomic mass is 9.84. The van der Waals surface area contributed by atoms with Crippen LogP contribution in [0.5, 0.6) is 0 Å². The van der Waals surface area contributed by atoms with E-state index >= 15 is 0 Å². The molecule has 8 heteroatoms. The van der Waals surface area contributed by atoms with Gasteiger partial charge >= 0.3 is 0 Å². The maximum atomic E-state index is 12.2. The Kier molecular flexibility index (Phi) is 7.41. The molecule has 2 unspecified atom stereocenters. The van der Waals surface area contributed by atoms with Crippen LogP contribution in [0.3, 0.4) is 0 Å². The van der Waals surface area contributed by atoms with Gasteiger partial charge in [0.1, 0.15) is 0 Å². The minimum absolute atomic E-state index is 0. The third-order valence-corrected chi connectivity index (χ3v) is 4.88. The molecule has 1 fully saturated rings. The van der Waals surface area contributed by atoms with Crippen molar-refractivity contribution in [2.45, 2.75) is 38.1 Å². The van der Waals surface area contributed by atoms with Crippen molar-refractivity contribution in [3.63, 3.8) is 0 Å². The third-order valence-electron chi connectivity index (χ3n) is 4.88. The van der Waals surface area contributed by atoms with E-state index in [1.165, 1.54) is 6.42 Å². The lowest BCUT2D eigenvalue weighted by molar-refractivity contribution is -0.122. The van der Waals surface area contributed by atoms with Gasteiger partial charge in [0, 0.05) is 24.4 Å². The Morgan fingerprint density at radius 2 is 2.00 bits per heavy atom. The van der Waals surface area contributed by atoms with Gasteiger partial charge < -0.3 is 16.4 Å². The SMILES string of the molecule is Cl.NCC1CCCCC1NC(=O)CCNC(=O)c1n[nH]c2ccccc12. The molecule has 1 heterocycles. The molecule has 7 nitrogen and oxygen atoms in total. The number of nitrogens with two attached hydrogens (primary N) is 1. The number of hydrogen-bond donors (Lipinski definition) is 4. The average Bonchev–Trinajstić information content (AvgIpc) is 3.06. The molecule has 0 bridgehead atoms. The summed E-state index contributed by atoms with van der Waals surface area (Å²) in [4.78, 5) is 24.4. The summed E-state index contributed by atoms with van der Waals surface area (Å²) in [6.45, 7) is 0.889. The summed E-state index contributed by atoms with van der Waals surface area (Å²) in [6, 6.07) is 7.62. The highest BCUT2D eigenvalue weighted by Crippen LogP contribution is 2.23. The van der Waals surface area contributed by atoms with E-state index in [0.717, 1.165) is 30.2 Å². The lowest BCUT2D eigenvalue weighted by Crippen LogP contribution is -2.45. The topological polar surface area (TPSA) is 113 Å². The molecule has 1 aliphatic carbocycles. The van der Waals surface area contributed by atoms with Gasteiger partial charge in [-0.2, -0.15) is 5.10 Å². The Hall–Kier alpha value is -2.12. The van der Waals surface area contributed by atoms with Gasteiger partial charge in [-0.1, -0.05) is 31.0 Å². The lowest BCUT2D eigenvalue weighted by Gasteiger charge is -2.31. The first-order chi connectivity index (χ1) is 12.2. The molecular weight excluding hydrogens is 354 g/mol. The van der Waals surface area contributed by atoms with Crippen LogP contribution in [-0.4, -0.2) is 41.1 Å². The minimum atomic E-state index is -0.275. The number of benzene rings is 1. The van der Waals surface area contributed by atoms with Crippen molar-refractivity contribution in [2.75, 3.05) is 13.1 Å². The van der Waals surface area contributed by atoms with E-state index in [2.05, 4.69) is 20.8 Å². The summed E-state index contributed by atoms with van der Waals surface area (Å²) in [5.41, 5.74) is 6.96. The van der Waals surface area contributed by atoms with Crippen LogP contribution in [-0.2, 0) is 4.79 Å². The molecule has 1 aromatic carbocycles. The first-order valence-corrected chi connectivity index (χ1v) is 8.89. The van der Waals surface area contributed by atoms with Crippen LogP contribution >= 0.6 is 12.4 Å². The minimum Gasteiger partial charge on any atom is -0.353 e. The summed E-state index contributed by atoms with van der Waals surface area (Å²) >= 11 is 0. The zero-order valence-electron chi connectivity index (χ0n) is 14.7. The second kappa shape index (κ2) is 9.54. The molecule has 2 amide bonds. The van der Waals surface area contributed by atoms with E-state index in [-0.39, 0.29) is 43.2 Å². The maximum Gasteiger partial charge on any atom is 0.272 e. The molecule has 26 heavy (non-hydrogen) atoms. The number of para-hydroxylation sites is 1. The first kappa shape index (κ1) is 20.2. The number of aromatic nitrogens is 2. The maximum absolute atomic E-state index is 12.2. The normalized spacial score (nSPS) is 19.6. The summed E-state index contributed by atoms with van der Waals surface area (Å²) in [7, 11) is 0. The predicted octanol–water partition coefficient (Wildman–Crippen LogP) is 1.74. The molecule has 5 N–H and O–H groups in total. The van der Waals surface area contributed by atoms with Crippen molar-refractivity contribution >= 4 is 35.1 Å². The van der Waals surface area contributed by atoms with E-state index in [9.17, 15) is 9.59 Å². The van der Waals surface area contributed by atoms with Gasteiger partial charge in [0.05, 0.1) is 5.52 Å². The second-order valence-corrected chi connectivity index (χ2v) is 6.58. The molecule has 2 atom stereocenters. The van der Waals surface area contributed by atoms with Gasteiger partial charge in [0.25, 0.3) is 5.91 Å². The fraction of sp³-hybridized carbons (Fsp3) is 0.500. The number of halogens is 1. The fourth-order valence-corrected chi connectivity index (χ4v) is 3.47. The number of hydrogen-bond acceptors (Lipinski definition) is 4. The smallest absolute Gasteiger partial charge is 0.272 e. The quantitative estimate of drug-likeness (QED) is 0.612. The fourth-order valence-electron chi connectivity index (χ4n) is 3.47. The van der Waals surface area contributed by atoms with Gasteiger partial charge in [-0.05, 0) is 31.4 Å². The number of carbonyl (C=O) groups excluding carboxylic acids is 2. The standard InChI is InChI=1S/C18H25N5O2.ClH/c19-11-12-5-1-3-7-14(12)21-16(24)9-10-20-18(25)17-13-6-2-4-8-15(13)22-23-17;/h2,4,6,8,12,14H,1,3,5,7,9-11,19H2,(H,20,25)(H,21,24)(H,22,23);1H. The Labute approximate surface area is 158 Å². The van der Waals surface area contributed by atoms with Crippen molar-refractivity contribution in [3.05, 3.63) is 30.0 Å². The van der Waals surface area contributed by atoms with E-state index < -0.39 is 0 Å². The highest BCUT2D eigenvalue weighted by Gasteiger charge is 2.25. The molecule has 0 aliphatic heterocycles. The number of nitrogens with zero attached hydrogens (tertiary/aromatic N) is 1. The van der Waals surface area contributed by atoms with Gasteiger partial charge in [0.15, 0.2) is 5.69 Å². The highest BCUT2D eigenvalue weighted by atomic mass is 35.5. The molecule has 1 aromatic heterocycles. The van der Waals surface area contributed by atoms with Crippen molar-refractivity contribution < 1.29 is 9.59 Å². The number of nitrogens with one attached hydrogen (secondary N) is 3. The van der Waals surface area contributed by atoms with Crippen LogP contribution < -0.4 is 16.4 Å². The molecule has 142 valence electrons. The van der Waals surface area contributed by atoms with Gasteiger partial charge in [0.2, 0.25) is 5.91 Å². The van der Waals surface area contributed by atoms with Crippen LogP contribution in [0, 0.1) is 5.92 Å². The zero-order valence-corrected chi connectivity index (χ0v) is 15.5. The predicted molar refractivity (Wildman–Crippen MR) is 103 cm³/mol. The first-order valence-electron chi connectivity index (χ1n) is 8.89. The van der Waals surface area contributed by atoms with Gasteiger partial charge in [-0.15, -0.1) is 12.4 Å². The number of rotatable bonds is 6. The van der Waals surface area contributed by atoms with Crippen LogP contribution in [0.25, 0.3) is 10.9 Å². The van der Waals surface area contributed by atoms with Crippen molar-refractivity contribution in [2.24, 2.45) is 11.7 Å². The van der Waals surface area contributed by atoms with Crippen molar-refractivity contribution in [1.29, 1.82) is 0 Å². The third kappa shape index (κ3) is 4.74. The van der Waals surface area contributed by atoms with Gasteiger partial charge in [-0.25, -0.2) is 0 Å². The van der Waals surface area contributed by atoms with Crippen LogP contribution in [0.15, 0.2) is 24.3 Å². The number of carbonyl (C=O) groups is 2.